The van der Waals surface area contributed by atoms with Crippen molar-refractivity contribution >= 4 is 29.1 Å². The molecular weight excluding hydrogens is 374 g/mol. The van der Waals surface area contributed by atoms with Crippen LogP contribution in [-0.4, -0.2) is 65.8 Å². The summed E-state index contributed by atoms with van der Waals surface area (Å²) in [5, 5.41) is 4.15. The van der Waals surface area contributed by atoms with Crippen molar-refractivity contribution in [3.05, 3.63) is 17.6 Å². The van der Waals surface area contributed by atoms with Gasteiger partial charge < -0.3 is 19.9 Å². The molecule has 1 aliphatic rings. The van der Waals surface area contributed by atoms with Gasteiger partial charge in [-0.2, -0.15) is 0 Å². The number of rotatable bonds is 8. The van der Waals surface area contributed by atoms with E-state index < -0.39 is 0 Å². The molecule has 0 bridgehead atoms. The Morgan fingerprint density at radius 2 is 1.93 bits per heavy atom. The third kappa shape index (κ3) is 6.89. The first-order valence-corrected chi connectivity index (χ1v) is 10.5. The lowest BCUT2D eigenvalue weighted by Crippen LogP contribution is -2.52. The van der Waals surface area contributed by atoms with Crippen molar-refractivity contribution in [1.82, 2.24) is 20.2 Å². The van der Waals surface area contributed by atoms with Gasteiger partial charge in [0.25, 0.3) is 0 Å². The molecule has 0 amide bonds. The summed E-state index contributed by atoms with van der Waals surface area (Å²) in [7, 11) is 1.43. The maximum atomic E-state index is 11.1. The number of nitrogens with one attached hydrogen (secondary N) is 1. The van der Waals surface area contributed by atoms with Crippen LogP contribution in [0.4, 0.5) is 5.82 Å². The monoisotopic (exact) mass is 407 g/mol. The van der Waals surface area contributed by atoms with Crippen molar-refractivity contribution in [3.8, 4) is 0 Å². The molecule has 0 atom stereocenters. The van der Waals surface area contributed by atoms with E-state index in [2.05, 4.69) is 44.8 Å². The molecule has 0 aliphatic carbocycles. The third-order valence-electron chi connectivity index (χ3n) is 4.83. The molecule has 0 saturated carbocycles. The van der Waals surface area contributed by atoms with Crippen molar-refractivity contribution < 1.29 is 9.53 Å². The minimum Gasteiger partial charge on any atom is -0.469 e. The Morgan fingerprint density at radius 1 is 1.21 bits per heavy atom. The molecule has 1 fully saturated rings. The van der Waals surface area contributed by atoms with Gasteiger partial charge in [0.2, 0.25) is 0 Å². The summed E-state index contributed by atoms with van der Waals surface area (Å²) in [6.07, 6.45) is 3.33. The molecule has 0 aromatic carbocycles. The average molecular weight is 408 g/mol. The number of esters is 1. The number of unbranched alkanes of at least 4 members (excludes halogenated alkanes) is 2. The zero-order valence-electron chi connectivity index (χ0n) is 17.5. The first kappa shape index (κ1) is 22.3. The van der Waals surface area contributed by atoms with Crippen LogP contribution in [0.2, 0.25) is 0 Å². The number of carbonyl (C=O) groups is 1. The van der Waals surface area contributed by atoms with Gasteiger partial charge in [0.05, 0.1) is 7.11 Å². The van der Waals surface area contributed by atoms with E-state index in [4.69, 9.17) is 17.2 Å². The second-order valence-corrected chi connectivity index (χ2v) is 7.86. The maximum absolute atomic E-state index is 11.1. The third-order valence-corrected chi connectivity index (χ3v) is 5.23. The summed E-state index contributed by atoms with van der Waals surface area (Å²) in [4.78, 5) is 24.9. The SMILES string of the molecule is COC(=O)CCCCCNC(=S)N1CCN(c2cc(C)nc(C(C)C)n2)CC1. The van der Waals surface area contributed by atoms with Gasteiger partial charge in [-0.1, -0.05) is 20.3 Å². The summed E-state index contributed by atoms with van der Waals surface area (Å²) in [6, 6.07) is 2.06. The molecular formula is C20H33N5O2S. The van der Waals surface area contributed by atoms with Crippen molar-refractivity contribution in [1.29, 1.82) is 0 Å². The van der Waals surface area contributed by atoms with Gasteiger partial charge in [0.1, 0.15) is 11.6 Å². The van der Waals surface area contributed by atoms with Crippen molar-refractivity contribution in [2.75, 3.05) is 44.7 Å². The van der Waals surface area contributed by atoms with Crippen LogP contribution in [0.25, 0.3) is 0 Å². The van der Waals surface area contributed by atoms with Crippen LogP contribution in [-0.2, 0) is 9.53 Å². The lowest BCUT2D eigenvalue weighted by Gasteiger charge is -2.37. The Morgan fingerprint density at radius 3 is 2.57 bits per heavy atom. The van der Waals surface area contributed by atoms with Gasteiger partial charge in [0, 0.05) is 56.8 Å². The Bertz CT molecular complexity index is 660. The first-order valence-electron chi connectivity index (χ1n) is 10.1. The molecule has 1 N–H and O–H groups in total. The quantitative estimate of drug-likeness (QED) is 0.401. The lowest BCUT2D eigenvalue weighted by molar-refractivity contribution is -0.140. The van der Waals surface area contributed by atoms with Crippen molar-refractivity contribution in [2.45, 2.75) is 52.4 Å². The van der Waals surface area contributed by atoms with E-state index >= 15 is 0 Å². The fraction of sp³-hybridized carbons (Fsp3) is 0.700. The molecule has 0 spiro atoms. The zero-order valence-corrected chi connectivity index (χ0v) is 18.3. The molecule has 2 rings (SSSR count). The van der Waals surface area contributed by atoms with Crippen molar-refractivity contribution in [3.63, 3.8) is 0 Å². The van der Waals surface area contributed by atoms with Crippen molar-refractivity contribution in [2.24, 2.45) is 0 Å². The number of carbonyl (C=O) groups excluding carboxylic acids is 1. The summed E-state index contributed by atoms with van der Waals surface area (Å²) in [5.41, 5.74) is 1.01. The van der Waals surface area contributed by atoms with E-state index in [1.165, 1.54) is 7.11 Å². The fourth-order valence-corrected chi connectivity index (χ4v) is 3.40. The minimum absolute atomic E-state index is 0.138. The van der Waals surface area contributed by atoms with Crippen LogP contribution in [0.5, 0.6) is 0 Å². The molecule has 0 unspecified atom stereocenters. The normalized spacial score (nSPS) is 14.3. The second kappa shape index (κ2) is 11.1. The van der Waals surface area contributed by atoms with Crippen LogP contribution in [0, 0.1) is 6.92 Å². The minimum atomic E-state index is -0.138. The number of nitrogens with zero attached hydrogens (tertiary/aromatic N) is 4. The van der Waals surface area contributed by atoms with E-state index in [9.17, 15) is 4.79 Å². The smallest absolute Gasteiger partial charge is 0.305 e. The Balaban J connectivity index is 1.71. The van der Waals surface area contributed by atoms with E-state index in [1.807, 2.05) is 6.92 Å². The number of hydrogen-bond acceptors (Lipinski definition) is 6. The Kier molecular flexibility index (Phi) is 8.89. The van der Waals surface area contributed by atoms with Crippen LogP contribution in [0.15, 0.2) is 6.07 Å². The largest absolute Gasteiger partial charge is 0.469 e. The molecule has 156 valence electrons. The molecule has 0 radical (unpaired) electrons. The second-order valence-electron chi connectivity index (χ2n) is 7.47. The van der Waals surface area contributed by atoms with Gasteiger partial charge in [-0.15, -0.1) is 0 Å². The topological polar surface area (TPSA) is 70.6 Å². The van der Waals surface area contributed by atoms with Crippen LogP contribution in [0.1, 0.15) is 57.0 Å². The highest BCUT2D eigenvalue weighted by Gasteiger charge is 2.20. The standard InChI is InChI=1S/C20H33N5O2S/c1-15(2)19-22-16(3)14-17(23-19)24-10-12-25(13-11-24)20(28)21-9-7-5-6-8-18(26)27-4/h14-15H,5-13H2,1-4H3,(H,21,28). The number of piperazine rings is 1. The summed E-state index contributed by atoms with van der Waals surface area (Å²) >= 11 is 5.54. The number of ether oxygens (including phenoxy) is 1. The molecule has 1 saturated heterocycles. The van der Waals surface area contributed by atoms with E-state index in [0.717, 1.165) is 74.4 Å². The number of methoxy groups -OCH3 is 1. The Labute approximate surface area is 173 Å². The molecule has 1 aromatic heterocycles. The number of thiocarbonyl (C=S) groups is 1. The van der Waals surface area contributed by atoms with Crippen LogP contribution >= 0.6 is 12.2 Å². The molecule has 28 heavy (non-hydrogen) atoms. The predicted molar refractivity (Wildman–Crippen MR) is 116 cm³/mol. The predicted octanol–water partition coefficient (Wildman–Crippen LogP) is 2.64. The highest BCUT2D eigenvalue weighted by Crippen LogP contribution is 2.18. The van der Waals surface area contributed by atoms with Gasteiger partial charge in [-0.25, -0.2) is 9.97 Å². The number of hydrogen-bond donors (Lipinski definition) is 1. The van der Waals surface area contributed by atoms with E-state index in [0.29, 0.717) is 12.3 Å². The number of anilines is 1. The molecule has 7 nitrogen and oxygen atoms in total. The maximum Gasteiger partial charge on any atom is 0.305 e. The molecule has 8 heteroatoms. The lowest BCUT2D eigenvalue weighted by atomic mass is 10.2. The van der Waals surface area contributed by atoms with Crippen LogP contribution < -0.4 is 10.2 Å². The van der Waals surface area contributed by atoms with Gasteiger partial charge in [-0.05, 0) is 32.0 Å². The zero-order chi connectivity index (χ0) is 20.5. The van der Waals surface area contributed by atoms with Gasteiger partial charge in [0.15, 0.2) is 5.11 Å². The van der Waals surface area contributed by atoms with E-state index in [-0.39, 0.29) is 5.97 Å². The molecule has 1 aromatic rings. The van der Waals surface area contributed by atoms with Crippen LogP contribution in [0.3, 0.4) is 0 Å². The average Bonchev–Trinajstić information content (AvgIpc) is 2.69. The van der Waals surface area contributed by atoms with Gasteiger partial charge >= 0.3 is 5.97 Å². The Hall–Kier alpha value is -1.96. The fourth-order valence-electron chi connectivity index (χ4n) is 3.11. The summed E-state index contributed by atoms with van der Waals surface area (Å²) < 4.78 is 4.65. The number of aryl methyl sites for hydroxylation is 1. The highest BCUT2D eigenvalue weighted by atomic mass is 32.1. The molecule has 1 aliphatic heterocycles. The summed E-state index contributed by atoms with van der Waals surface area (Å²) in [6.45, 7) is 10.7. The highest BCUT2D eigenvalue weighted by molar-refractivity contribution is 7.80. The molecule has 2 heterocycles. The van der Waals surface area contributed by atoms with E-state index in [1.54, 1.807) is 0 Å². The first-order chi connectivity index (χ1) is 13.4. The van der Waals surface area contributed by atoms with Gasteiger partial charge in [-0.3, -0.25) is 4.79 Å². The summed E-state index contributed by atoms with van der Waals surface area (Å²) in [5.74, 6) is 2.10. The number of aromatic nitrogens is 2.